The number of carbonyl (C=O) groups is 2. The van der Waals surface area contributed by atoms with Crippen molar-refractivity contribution >= 4 is 17.5 Å². The molecule has 0 bridgehead atoms. The predicted octanol–water partition coefficient (Wildman–Crippen LogP) is 3.98. The van der Waals surface area contributed by atoms with Crippen molar-refractivity contribution < 1.29 is 29.3 Å². The van der Waals surface area contributed by atoms with Gasteiger partial charge in [-0.25, -0.2) is 4.90 Å². The third-order valence-corrected chi connectivity index (χ3v) is 7.98. The molecule has 8 heteroatoms. The van der Waals surface area contributed by atoms with Crippen LogP contribution < -0.4 is 4.90 Å². The van der Waals surface area contributed by atoms with Crippen LogP contribution in [0.25, 0.3) is 0 Å². The molecule has 0 spiro atoms. The highest BCUT2D eigenvalue weighted by Gasteiger charge is 2.38. The average molecular weight is 529 g/mol. The summed E-state index contributed by atoms with van der Waals surface area (Å²) in [4.78, 5) is 29.3. The number of hydrogen-bond acceptors (Lipinski definition) is 7. The van der Waals surface area contributed by atoms with Gasteiger partial charge < -0.3 is 19.7 Å². The first kappa shape index (κ1) is 25.9. The monoisotopic (exact) mass is 528 g/mol. The Morgan fingerprint density at radius 2 is 1.49 bits per heavy atom. The number of fused-ring (bicyclic) bond motifs is 1. The molecule has 3 aromatic carbocycles. The van der Waals surface area contributed by atoms with Gasteiger partial charge in [-0.05, 0) is 54.8 Å². The Bertz CT molecular complexity index is 1310. The van der Waals surface area contributed by atoms with E-state index in [2.05, 4.69) is 4.90 Å². The van der Waals surface area contributed by atoms with Crippen LogP contribution >= 0.6 is 0 Å². The molecule has 0 radical (unpaired) electrons. The van der Waals surface area contributed by atoms with Crippen LogP contribution in [0.4, 0.5) is 5.69 Å². The van der Waals surface area contributed by atoms with Crippen LogP contribution in [0.5, 0.6) is 0 Å². The third-order valence-electron chi connectivity index (χ3n) is 7.98. The molecular formula is C31H32N2O6. The Morgan fingerprint density at radius 1 is 0.821 bits per heavy atom. The van der Waals surface area contributed by atoms with Gasteiger partial charge in [-0.2, -0.15) is 0 Å². The molecule has 3 aliphatic heterocycles. The maximum Gasteiger partial charge on any atom is 0.266 e. The number of aliphatic hydroxyl groups excluding tert-OH is 2. The van der Waals surface area contributed by atoms with Crippen LogP contribution in [0, 0.1) is 0 Å². The molecule has 39 heavy (non-hydrogen) atoms. The van der Waals surface area contributed by atoms with Crippen molar-refractivity contribution in [2.24, 2.45) is 0 Å². The first-order valence-corrected chi connectivity index (χ1v) is 13.5. The number of likely N-dealkylation sites (tertiary alicyclic amines) is 1. The minimum absolute atomic E-state index is 0.0167. The summed E-state index contributed by atoms with van der Waals surface area (Å²) in [5, 5.41) is 19.2. The van der Waals surface area contributed by atoms with Crippen molar-refractivity contribution in [1.82, 2.24) is 4.90 Å². The zero-order valence-corrected chi connectivity index (χ0v) is 21.6. The number of benzene rings is 3. The number of anilines is 1. The minimum Gasteiger partial charge on any atom is -0.395 e. The van der Waals surface area contributed by atoms with E-state index in [4.69, 9.17) is 9.47 Å². The molecule has 8 nitrogen and oxygen atoms in total. The molecule has 2 saturated heterocycles. The van der Waals surface area contributed by atoms with Gasteiger partial charge in [0.2, 0.25) is 0 Å². The van der Waals surface area contributed by atoms with E-state index < -0.39 is 6.29 Å². The Morgan fingerprint density at radius 3 is 2.13 bits per heavy atom. The molecule has 2 fully saturated rings. The van der Waals surface area contributed by atoms with Crippen LogP contribution in [-0.2, 0) is 16.1 Å². The zero-order valence-electron chi connectivity index (χ0n) is 21.6. The molecular weight excluding hydrogens is 496 g/mol. The summed E-state index contributed by atoms with van der Waals surface area (Å²) in [5.74, 6) is -0.659. The van der Waals surface area contributed by atoms with Crippen LogP contribution in [0.1, 0.15) is 69.1 Å². The summed E-state index contributed by atoms with van der Waals surface area (Å²) < 4.78 is 12.9. The van der Waals surface area contributed by atoms with E-state index in [-0.39, 0.29) is 43.3 Å². The lowest BCUT2D eigenvalue weighted by Crippen LogP contribution is -2.42. The van der Waals surface area contributed by atoms with Gasteiger partial charge in [0.15, 0.2) is 6.29 Å². The van der Waals surface area contributed by atoms with Crippen molar-refractivity contribution in [3.05, 3.63) is 101 Å². The molecule has 0 aromatic heterocycles. The van der Waals surface area contributed by atoms with Crippen LogP contribution in [-0.4, -0.2) is 58.8 Å². The van der Waals surface area contributed by atoms with Gasteiger partial charge in [-0.15, -0.1) is 0 Å². The lowest BCUT2D eigenvalue weighted by Gasteiger charge is -2.38. The average Bonchev–Trinajstić information content (AvgIpc) is 3.54. The first-order valence-electron chi connectivity index (χ1n) is 13.5. The number of aliphatic hydroxyl groups is 2. The Kier molecular flexibility index (Phi) is 7.29. The van der Waals surface area contributed by atoms with E-state index in [9.17, 15) is 19.8 Å². The van der Waals surface area contributed by atoms with Crippen LogP contribution in [0.2, 0.25) is 0 Å². The van der Waals surface area contributed by atoms with Gasteiger partial charge in [0.05, 0.1) is 42.2 Å². The zero-order chi connectivity index (χ0) is 26.9. The Labute approximate surface area is 227 Å². The maximum absolute atomic E-state index is 12.9. The van der Waals surface area contributed by atoms with Crippen molar-refractivity contribution in [1.29, 1.82) is 0 Å². The van der Waals surface area contributed by atoms with E-state index in [0.717, 1.165) is 36.1 Å². The molecule has 0 aliphatic carbocycles. The summed E-state index contributed by atoms with van der Waals surface area (Å²) in [7, 11) is 0. The SMILES string of the molecule is O=C1c2ccccc2C(=O)N1c1ccc(C2OC(CN3CCCC3CO)CC(c3ccc(CO)cc3)O2)cc1. The van der Waals surface area contributed by atoms with Gasteiger partial charge >= 0.3 is 0 Å². The normalized spacial score (nSPS) is 25.3. The molecule has 202 valence electrons. The highest BCUT2D eigenvalue weighted by Crippen LogP contribution is 2.39. The smallest absolute Gasteiger partial charge is 0.266 e. The lowest BCUT2D eigenvalue weighted by atomic mass is 9.99. The summed E-state index contributed by atoms with van der Waals surface area (Å²) >= 11 is 0. The molecule has 3 aliphatic rings. The highest BCUT2D eigenvalue weighted by molar-refractivity contribution is 6.34. The fraction of sp³-hybridized carbons (Fsp3) is 0.355. The summed E-state index contributed by atoms with van der Waals surface area (Å²) in [6, 6.07) is 21.9. The van der Waals surface area contributed by atoms with Gasteiger partial charge in [0.25, 0.3) is 11.8 Å². The molecule has 2 N–H and O–H groups in total. The Balaban J connectivity index is 1.24. The number of rotatable bonds is 7. The van der Waals surface area contributed by atoms with E-state index in [1.165, 1.54) is 4.90 Å². The molecule has 6 rings (SSSR count). The van der Waals surface area contributed by atoms with Gasteiger partial charge in [0, 0.05) is 24.6 Å². The fourth-order valence-electron chi connectivity index (χ4n) is 5.84. The molecule has 0 saturated carbocycles. The molecule has 2 amide bonds. The standard InChI is InChI=1S/C31H32N2O6/c34-18-20-7-9-21(10-8-20)28-16-25(17-32-15-3-4-24(32)19-35)38-31(39-28)22-11-13-23(14-12-22)33-29(36)26-5-1-2-6-27(26)30(33)37/h1-2,5-14,24-25,28,31,34-35H,3-4,15-19H2. The summed E-state index contributed by atoms with van der Waals surface area (Å²) in [5.41, 5.74) is 3.95. The minimum atomic E-state index is -0.641. The number of amides is 2. The maximum atomic E-state index is 12.9. The van der Waals surface area contributed by atoms with E-state index in [0.29, 0.717) is 29.8 Å². The van der Waals surface area contributed by atoms with E-state index in [1.807, 2.05) is 36.4 Å². The summed E-state index contributed by atoms with van der Waals surface area (Å²) in [6.45, 7) is 1.75. The number of hydrogen-bond donors (Lipinski definition) is 2. The molecule has 4 unspecified atom stereocenters. The van der Waals surface area contributed by atoms with Gasteiger partial charge in [-0.3, -0.25) is 14.5 Å². The fourth-order valence-corrected chi connectivity index (χ4v) is 5.84. The van der Waals surface area contributed by atoms with Crippen LogP contribution in [0.3, 0.4) is 0 Å². The number of ether oxygens (including phenoxy) is 2. The number of nitrogens with zero attached hydrogens (tertiary/aromatic N) is 2. The molecule has 4 atom stereocenters. The van der Waals surface area contributed by atoms with Crippen molar-refractivity contribution in [3.8, 4) is 0 Å². The molecule has 3 heterocycles. The second-order valence-corrected chi connectivity index (χ2v) is 10.4. The quantitative estimate of drug-likeness (QED) is 0.448. The topological polar surface area (TPSA) is 99.5 Å². The van der Waals surface area contributed by atoms with Gasteiger partial charge in [-0.1, -0.05) is 48.5 Å². The molecule has 3 aromatic rings. The van der Waals surface area contributed by atoms with E-state index in [1.54, 1.807) is 36.4 Å². The van der Waals surface area contributed by atoms with Crippen molar-refractivity contribution in [3.63, 3.8) is 0 Å². The third kappa shape index (κ3) is 5.02. The number of imide groups is 1. The highest BCUT2D eigenvalue weighted by atomic mass is 16.7. The lowest BCUT2D eigenvalue weighted by molar-refractivity contribution is -0.253. The van der Waals surface area contributed by atoms with Crippen molar-refractivity contribution in [2.75, 3.05) is 24.6 Å². The van der Waals surface area contributed by atoms with Gasteiger partial charge in [0.1, 0.15) is 0 Å². The predicted molar refractivity (Wildman–Crippen MR) is 144 cm³/mol. The largest absolute Gasteiger partial charge is 0.395 e. The van der Waals surface area contributed by atoms with Crippen LogP contribution in [0.15, 0.2) is 72.8 Å². The summed E-state index contributed by atoms with van der Waals surface area (Å²) in [6.07, 6.45) is 1.73. The Hall–Kier alpha value is -3.40. The second-order valence-electron chi connectivity index (χ2n) is 10.4. The van der Waals surface area contributed by atoms with E-state index >= 15 is 0 Å². The number of carbonyl (C=O) groups excluding carboxylic acids is 2. The first-order chi connectivity index (χ1) is 19.1. The second kappa shape index (κ2) is 11.0. The van der Waals surface area contributed by atoms with Crippen molar-refractivity contribution in [2.45, 2.75) is 50.4 Å².